The highest BCUT2D eigenvalue weighted by molar-refractivity contribution is 5.74. The number of hydrogen-bond donors (Lipinski definition) is 2. The summed E-state index contributed by atoms with van der Waals surface area (Å²) in [6, 6.07) is 0.623. The van der Waals surface area contributed by atoms with Crippen LogP contribution in [0.25, 0.3) is 0 Å². The summed E-state index contributed by atoms with van der Waals surface area (Å²) in [5, 5.41) is 6.26. The first-order chi connectivity index (χ1) is 9.28. The van der Waals surface area contributed by atoms with Crippen LogP contribution in [-0.4, -0.2) is 44.5 Å². The molecule has 108 valence electrons. The highest BCUT2D eigenvalue weighted by Crippen LogP contribution is 2.48. The van der Waals surface area contributed by atoms with Crippen LogP contribution >= 0.6 is 0 Å². The molecule has 2 saturated heterocycles. The van der Waals surface area contributed by atoms with Crippen LogP contribution in [-0.2, 0) is 9.47 Å². The average molecular weight is 268 g/mol. The molecule has 2 amide bonds. The fraction of sp³-hybridized carbons (Fsp3) is 0.929. The van der Waals surface area contributed by atoms with E-state index in [1.54, 1.807) is 0 Å². The van der Waals surface area contributed by atoms with Crippen LogP contribution in [0.3, 0.4) is 0 Å². The van der Waals surface area contributed by atoms with E-state index >= 15 is 0 Å². The quantitative estimate of drug-likeness (QED) is 0.796. The summed E-state index contributed by atoms with van der Waals surface area (Å²) in [5.41, 5.74) is 0.325. The van der Waals surface area contributed by atoms with Gasteiger partial charge in [-0.2, -0.15) is 0 Å². The Morgan fingerprint density at radius 1 is 0.895 bits per heavy atom. The number of hydrogen-bond acceptors (Lipinski definition) is 3. The molecule has 0 aromatic carbocycles. The molecule has 1 atom stereocenters. The van der Waals surface area contributed by atoms with E-state index in [9.17, 15) is 4.79 Å². The summed E-state index contributed by atoms with van der Waals surface area (Å²) >= 11 is 0. The molecule has 2 heterocycles. The first kappa shape index (κ1) is 13.2. The highest BCUT2D eigenvalue weighted by Gasteiger charge is 2.48. The molecule has 3 rings (SSSR count). The van der Waals surface area contributed by atoms with E-state index in [1.807, 2.05) is 0 Å². The minimum atomic E-state index is 0.00228. The molecule has 1 saturated carbocycles. The summed E-state index contributed by atoms with van der Waals surface area (Å²) in [5.74, 6) is 0. The zero-order chi connectivity index (χ0) is 13.1. The molecular formula is C14H24N2O3. The van der Waals surface area contributed by atoms with Crippen molar-refractivity contribution in [1.29, 1.82) is 0 Å². The zero-order valence-corrected chi connectivity index (χ0v) is 11.5. The predicted octanol–water partition coefficient (Wildman–Crippen LogP) is 1.42. The van der Waals surface area contributed by atoms with Gasteiger partial charge in [0, 0.05) is 38.5 Å². The lowest BCUT2D eigenvalue weighted by molar-refractivity contribution is -0.0513. The monoisotopic (exact) mass is 268 g/mol. The lowest BCUT2D eigenvalue weighted by atomic mass is 9.60. The lowest BCUT2D eigenvalue weighted by Gasteiger charge is -2.52. The minimum absolute atomic E-state index is 0.00228. The fourth-order valence-corrected chi connectivity index (χ4v) is 3.53. The summed E-state index contributed by atoms with van der Waals surface area (Å²) in [6.45, 7) is 3.21. The Kier molecular flexibility index (Phi) is 3.93. The van der Waals surface area contributed by atoms with Gasteiger partial charge in [-0.3, -0.25) is 0 Å². The smallest absolute Gasteiger partial charge is 0.315 e. The van der Waals surface area contributed by atoms with Crippen molar-refractivity contribution in [3.8, 4) is 0 Å². The van der Waals surface area contributed by atoms with E-state index < -0.39 is 0 Å². The van der Waals surface area contributed by atoms with E-state index in [0.717, 1.165) is 58.5 Å². The molecule has 0 aromatic rings. The molecule has 1 spiro atoms. The SMILES string of the molecule is O=C(NC1CCOCC1)NC1CCC12CCOCC2. The van der Waals surface area contributed by atoms with Gasteiger partial charge in [0.25, 0.3) is 0 Å². The first-order valence-corrected chi connectivity index (χ1v) is 7.51. The molecule has 0 radical (unpaired) electrons. The summed E-state index contributed by atoms with van der Waals surface area (Å²) in [6.07, 6.45) is 6.39. The summed E-state index contributed by atoms with van der Waals surface area (Å²) in [4.78, 5) is 12.0. The lowest BCUT2D eigenvalue weighted by Crippen LogP contribution is -2.59. The van der Waals surface area contributed by atoms with Crippen LogP contribution < -0.4 is 10.6 Å². The van der Waals surface area contributed by atoms with E-state index in [-0.39, 0.29) is 12.1 Å². The molecular weight excluding hydrogens is 244 g/mol. The molecule has 5 heteroatoms. The largest absolute Gasteiger partial charge is 0.381 e. The van der Waals surface area contributed by atoms with Crippen molar-refractivity contribution < 1.29 is 14.3 Å². The molecule has 1 aliphatic carbocycles. The van der Waals surface area contributed by atoms with Gasteiger partial charge in [0.1, 0.15) is 0 Å². The van der Waals surface area contributed by atoms with Gasteiger partial charge < -0.3 is 20.1 Å². The zero-order valence-electron chi connectivity index (χ0n) is 11.5. The third-order valence-electron chi connectivity index (χ3n) is 5.02. The number of ether oxygens (including phenoxy) is 2. The Hall–Kier alpha value is -0.810. The van der Waals surface area contributed by atoms with Gasteiger partial charge in [0.05, 0.1) is 0 Å². The van der Waals surface area contributed by atoms with Crippen molar-refractivity contribution in [2.24, 2.45) is 5.41 Å². The second-order valence-electron chi connectivity index (χ2n) is 6.07. The number of urea groups is 1. The number of carbonyl (C=O) groups is 1. The van der Waals surface area contributed by atoms with Gasteiger partial charge >= 0.3 is 6.03 Å². The normalized spacial score (nSPS) is 30.6. The van der Waals surface area contributed by atoms with E-state index in [4.69, 9.17) is 9.47 Å². The molecule has 5 nitrogen and oxygen atoms in total. The third kappa shape index (κ3) is 2.87. The molecule has 3 fully saturated rings. The second kappa shape index (κ2) is 5.67. The molecule has 1 unspecified atom stereocenters. The highest BCUT2D eigenvalue weighted by atomic mass is 16.5. The van der Waals surface area contributed by atoms with Crippen molar-refractivity contribution in [3.05, 3.63) is 0 Å². The van der Waals surface area contributed by atoms with Crippen LogP contribution in [0.5, 0.6) is 0 Å². The van der Waals surface area contributed by atoms with Crippen molar-refractivity contribution in [3.63, 3.8) is 0 Å². The van der Waals surface area contributed by atoms with E-state index in [1.165, 1.54) is 6.42 Å². The van der Waals surface area contributed by atoms with Crippen LogP contribution in [0.1, 0.15) is 38.5 Å². The van der Waals surface area contributed by atoms with Crippen molar-refractivity contribution in [1.82, 2.24) is 10.6 Å². The van der Waals surface area contributed by atoms with Crippen LogP contribution in [0, 0.1) is 5.41 Å². The average Bonchev–Trinajstić information content (AvgIpc) is 2.46. The topological polar surface area (TPSA) is 59.6 Å². The van der Waals surface area contributed by atoms with Crippen LogP contribution in [0.4, 0.5) is 4.79 Å². The van der Waals surface area contributed by atoms with Gasteiger partial charge in [0.15, 0.2) is 0 Å². The Bertz CT molecular complexity index is 323. The molecule has 19 heavy (non-hydrogen) atoms. The van der Waals surface area contributed by atoms with Gasteiger partial charge in [-0.1, -0.05) is 0 Å². The minimum Gasteiger partial charge on any atom is -0.381 e. The number of nitrogens with one attached hydrogen (secondary N) is 2. The second-order valence-corrected chi connectivity index (χ2v) is 6.07. The maximum absolute atomic E-state index is 12.0. The maximum Gasteiger partial charge on any atom is 0.315 e. The molecule has 3 aliphatic rings. The maximum atomic E-state index is 12.0. The van der Waals surface area contributed by atoms with E-state index in [0.29, 0.717) is 11.5 Å². The first-order valence-electron chi connectivity index (χ1n) is 7.51. The van der Waals surface area contributed by atoms with Crippen LogP contribution in [0.15, 0.2) is 0 Å². The Labute approximate surface area is 114 Å². The van der Waals surface area contributed by atoms with Crippen LogP contribution in [0.2, 0.25) is 0 Å². The fourth-order valence-electron chi connectivity index (χ4n) is 3.53. The molecule has 2 N–H and O–H groups in total. The van der Waals surface area contributed by atoms with Gasteiger partial charge in [-0.15, -0.1) is 0 Å². The summed E-state index contributed by atoms with van der Waals surface area (Å²) in [7, 11) is 0. The van der Waals surface area contributed by atoms with Gasteiger partial charge in [0.2, 0.25) is 0 Å². The van der Waals surface area contributed by atoms with Gasteiger partial charge in [-0.25, -0.2) is 4.79 Å². The van der Waals surface area contributed by atoms with Crippen molar-refractivity contribution >= 4 is 6.03 Å². The Balaban J connectivity index is 1.46. The van der Waals surface area contributed by atoms with Gasteiger partial charge in [-0.05, 0) is 43.9 Å². The number of amides is 2. The Morgan fingerprint density at radius 3 is 2.21 bits per heavy atom. The molecule has 0 aromatic heterocycles. The number of carbonyl (C=O) groups excluding carboxylic acids is 1. The summed E-state index contributed by atoms with van der Waals surface area (Å²) < 4.78 is 10.7. The Morgan fingerprint density at radius 2 is 1.58 bits per heavy atom. The number of rotatable bonds is 2. The van der Waals surface area contributed by atoms with Crippen molar-refractivity contribution in [2.75, 3.05) is 26.4 Å². The molecule has 2 aliphatic heterocycles. The standard InChI is InChI=1S/C14H24N2O3/c17-13(15-11-2-7-18-8-3-11)16-12-1-4-14(12)5-9-19-10-6-14/h11-12H,1-10H2,(H2,15,16,17). The third-order valence-corrected chi connectivity index (χ3v) is 5.02. The van der Waals surface area contributed by atoms with Crippen molar-refractivity contribution in [2.45, 2.75) is 50.6 Å². The molecule has 0 bridgehead atoms. The predicted molar refractivity (Wildman–Crippen MR) is 71.0 cm³/mol. The van der Waals surface area contributed by atoms with E-state index in [2.05, 4.69) is 10.6 Å².